The number of carbonyl (C=O) groups is 2. The Morgan fingerprint density at radius 3 is 2.51 bits per heavy atom. The second-order valence-corrected chi connectivity index (χ2v) is 8.20. The molecule has 3 amide bonds. The maximum atomic E-state index is 13.5. The van der Waals surface area contributed by atoms with Crippen LogP contribution in [0.3, 0.4) is 0 Å². The number of hydrogen-bond acceptors (Lipinski definition) is 6. The van der Waals surface area contributed by atoms with E-state index >= 15 is 0 Å². The molecule has 0 unspecified atom stereocenters. The van der Waals surface area contributed by atoms with Crippen molar-refractivity contribution in [3.05, 3.63) is 60.1 Å². The minimum absolute atomic E-state index is 0.00715. The Morgan fingerprint density at radius 2 is 1.89 bits per heavy atom. The Labute approximate surface area is 198 Å². The highest BCUT2D eigenvalue weighted by molar-refractivity contribution is 6.04. The van der Waals surface area contributed by atoms with Gasteiger partial charge < -0.3 is 24.9 Å². The molecule has 1 aliphatic rings. The van der Waals surface area contributed by atoms with Crippen LogP contribution in [0.25, 0.3) is 11.5 Å². The summed E-state index contributed by atoms with van der Waals surface area (Å²) in [6.07, 6.45) is -2.83. The summed E-state index contributed by atoms with van der Waals surface area (Å²) in [7, 11) is 3.38. The first-order valence-corrected chi connectivity index (χ1v) is 10.8. The van der Waals surface area contributed by atoms with Crippen molar-refractivity contribution in [1.29, 1.82) is 0 Å². The zero-order valence-electron chi connectivity index (χ0n) is 19.0. The predicted molar refractivity (Wildman–Crippen MR) is 122 cm³/mol. The zero-order chi connectivity index (χ0) is 25.2. The van der Waals surface area contributed by atoms with Gasteiger partial charge in [-0.3, -0.25) is 4.79 Å². The molecule has 3 aromatic rings. The summed E-state index contributed by atoms with van der Waals surface area (Å²) in [5, 5.41) is 5.60. The highest BCUT2D eigenvalue weighted by atomic mass is 19.4. The zero-order valence-corrected chi connectivity index (χ0v) is 19.0. The Hall–Kier alpha value is -4.09. The van der Waals surface area contributed by atoms with E-state index in [-0.39, 0.29) is 23.7 Å². The molecular formula is C23H23F3N6O3. The van der Waals surface area contributed by atoms with Crippen molar-refractivity contribution in [2.75, 3.05) is 37.8 Å². The van der Waals surface area contributed by atoms with E-state index in [9.17, 15) is 22.8 Å². The number of aromatic nitrogens is 2. The summed E-state index contributed by atoms with van der Waals surface area (Å²) in [5.74, 6) is -2.34. The molecule has 1 atom stereocenters. The van der Waals surface area contributed by atoms with Crippen LogP contribution < -0.4 is 10.6 Å². The number of carbonyl (C=O) groups excluding carboxylic acids is 2. The molecule has 0 bridgehead atoms. The highest BCUT2D eigenvalue weighted by Gasteiger charge is 2.42. The van der Waals surface area contributed by atoms with Crippen LogP contribution in [0.15, 0.2) is 53.1 Å². The number of oxazole rings is 1. The van der Waals surface area contributed by atoms with Crippen LogP contribution in [-0.2, 0) is 6.18 Å². The number of rotatable bonds is 5. The number of urea groups is 1. The molecule has 2 N–H and O–H groups in total. The minimum atomic E-state index is -4.90. The fourth-order valence-electron chi connectivity index (χ4n) is 3.66. The van der Waals surface area contributed by atoms with Gasteiger partial charge in [-0.25, -0.2) is 14.8 Å². The van der Waals surface area contributed by atoms with E-state index in [0.717, 1.165) is 6.42 Å². The predicted octanol–water partition coefficient (Wildman–Crippen LogP) is 4.18. The quantitative estimate of drug-likeness (QED) is 0.559. The lowest BCUT2D eigenvalue weighted by Gasteiger charge is -2.21. The van der Waals surface area contributed by atoms with Gasteiger partial charge in [-0.2, -0.15) is 13.2 Å². The smallest absolute Gasteiger partial charge is 0.431 e. The molecule has 1 aromatic carbocycles. The number of halogens is 3. The maximum Gasteiger partial charge on any atom is 0.452 e. The molecule has 35 heavy (non-hydrogen) atoms. The topological polar surface area (TPSA) is 104 Å². The average molecular weight is 488 g/mol. The lowest BCUT2D eigenvalue weighted by atomic mass is 10.2. The van der Waals surface area contributed by atoms with Crippen LogP contribution in [-0.4, -0.2) is 64.9 Å². The van der Waals surface area contributed by atoms with Gasteiger partial charge in [0, 0.05) is 38.8 Å². The standard InChI is InChI=1S/C23H23F3N6O3/c1-31(2)22(34)32-11-10-16(13-32)28-17-9-8-15(12-27-17)29-20(33)18-19(23(24,25)26)35-21(30-18)14-6-4-3-5-7-14/h3-9,12,16H,10-11,13H2,1-2H3,(H,27,28)(H,29,33)/t16-/m0/s1. The van der Waals surface area contributed by atoms with E-state index < -0.39 is 23.5 Å². The van der Waals surface area contributed by atoms with Gasteiger partial charge in [-0.05, 0) is 30.7 Å². The molecule has 1 fully saturated rings. The molecule has 3 heterocycles. The monoisotopic (exact) mass is 488 g/mol. The van der Waals surface area contributed by atoms with Crippen molar-refractivity contribution in [2.45, 2.75) is 18.6 Å². The third-order valence-electron chi connectivity index (χ3n) is 5.34. The van der Waals surface area contributed by atoms with Crippen LogP contribution >= 0.6 is 0 Å². The third-order valence-corrected chi connectivity index (χ3v) is 5.34. The normalized spacial score (nSPS) is 15.7. The molecule has 2 aromatic heterocycles. The van der Waals surface area contributed by atoms with E-state index in [1.807, 2.05) is 0 Å². The number of alkyl halides is 3. The summed E-state index contributed by atoms with van der Waals surface area (Å²) in [6, 6.07) is 11.0. The summed E-state index contributed by atoms with van der Waals surface area (Å²) >= 11 is 0. The maximum absolute atomic E-state index is 13.5. The van der Waals surface area contributed by atoms with E-state index in [1.54, 1.807) is 43.3 Å². The Kier molecular flexibility index (Phi) is 6.63. The number of hydrogen-bond donors (Lipinski definition) is 2. The van der Waals surface area contributed by atoms with Crippen molar-refractivity contribution >= 4 is 23.4 Å². The van der Waals surface area contributed by atoms with Crippen molar-refractivity contribution in [2.24, 2.45) is 0 Å². The van der Waals surface area contributed by atoms with Crippen molar-refractivity contribution in [3.8, 4) is 11.5 Å². The Bertz CT molecular complexity index is 1200. The van der Waals surface area contributed by atoms with Gasteiger partial charge in [-0.15, -0.1) is 0 Å². The van der Waals surface area contributed by atoms with Crippen LogP contribution in [0, 0.1) is 0 Å². The van der Waals surface area contributed by atoms with Crippen LogP contribution in [0.5, 0.6) is 0 Å². The van der Waals surface area contributed by atoms with Crippen LogP contribution in [0.2, 0.25) is 0 Å². The lowest BCUT2D eigenvalue weighted by molar-refractivity contribution is -0.153. The first-order valence-electron chi connectivity index (χ1n) is 10.8. The second kappa shape index (κ2) is 9.65. The van der Waals surface area contributed by atoms with Gasteiger partial charge in [0.15, 0.2) is 5.69 Å². The van der Waals surface area contributed by atoms with Gasteiger partial charge in [0.1, 0.15) is 5.82 Å². The Balaban J connectivity index is 1.43. The number of benzene rings is 1. The van der Waals surface area contributed by atoms with E-state index in [1.165, 1.54) is 29.3 Å². The van der Waals surface area contributed by atoms with E-state index in [4.69, 9.17) is 4.42 Å². The molecule has 1 aliphatic heterocycles. The molecule has 0 radical (unpaired) electrons. The van der Waals surface area contributed by atoms with Crippen molar-refractivity contribution in [3.63, 3.8) is 0 Å². The fourth-order valence-corrected chi connectivity index (χ4v) is 3.66. The second-order valence-electron chi connectivity index (χ2n) is 8.20. The van der Waals surface area contributed by atoms with Crippen molar-refractivity contribution < 1.29 is 27.2 Å². The molecule has 1 saturated heterocycles. The molecule has 184 valence electrons. The number of pyridine rings is 1. The molecule has 12 heteroatoms. The highest BCUT2D eigenvalue weighted by Crippen LogP contribution is 2.35. The molecule has 0 saturated carbocycles. The SMILES string of the molecule is CN(C)C(=O)N1CC[C@H](Nc2ccc(NC(=O)c3nc(-c4ccccc4)oc3C(F)(F)F)cn2)C1. The van der Waals surface area contributed by atoms with Crippen molar-refractivity contribution in [1.82, 2.24) is 19.8 Å². The third kappa shape index (κ3) is 5.53. The number of amides is 3. The molecule has 0 aliphatic carbocycles. The van der Waals surface area contributed by atoms with E-state index in [0.29, 0.717) is 24.5 Å². The minimum Gasteiger partial charge on any atom is -0.431 e. The van der Waals surface area contributed by atoms with Gasteiger partial charge >= 0.3 is 12.2 Å². The first-order chi connectivity index (χ1) is 16.6. The van der Waals surface area contributed by atoms with Crippen LogP contribution in [0.1, 0.15) is 22.7 Å². The Morgan fingerprint density at radius 1 is 1.14 bits per heavy atom. The molecule has 9 nitrogen and oxygen atoms in total. The molecule has 4 rings (SSSR count). The number of likely N-dealkylation sites (tertiary alicyclic amines) is 1. The van der Waals surface area contributed by atoms with Crippen LogP contribution in [0.4, 0.5) is 29.5 Å². The van der Waals surface area contributed by atoms with E-state index in [2.05, 4.69) is 20.6 Å². The average Bonchev–Trinajstić information content (AvgIpc) is 3.48. The number of nitrogens with one attached hydrogen (secondary N) is 2. The summed E-state index contributed by atoms with van der Waals surface area (Å²) in [6.45, 7) is 1.14. The van der Waals surface area contributed by atoms with Gasteiger partial charge in [-0.1, -0.05) is 18.2 Å². The number of anilines is 2. The molecular weight excluding hydrogens is 465 g/mol. The van der Waals surface area contributed by atoms with Gasteiger partial charge in [0.05, 0.1) is 11.9 Å². The lowest BCUT2D eigenvalue weighted by Crippen LogP contribution is -2.38. The summed E-state index contributed by atoms with van der Waals surface area (Å²) in [5.41, 5.74) is -0.365. The van der Waals surface area contributed by atoms with Gasteiger partial charge in [0.2, 0.25) is 11.7 Å². The summed E-state index contributed by atoms with van der Waals surface area (Å²) < 4.78 is 45.4. The number of nitrogens with zero attached hydrogens (tertiary/aromatic N) is 4. The fraction of sp³-hybridized carbons (Fsp3) is 0.304. The summed E-state index contributed by atoms with van der Waals surface area (Å²) in [4.78, 5) is 35.9. The van der Waals surface area contributed by atoms with Gasteiger partial charge in [0.25, 0.3) is 5.91 Å². The molecule has 0 spiro atoms. The largest absolute Gasteiger partial charge is 0.452 e. The first kappa shape index (κ1) is 24.0.